The summed E-state index contributed by atoms with van der Waals surface area (Å²) < 4.78 is 86.2. The second-order valence-electron chi connectivity index (χ2n) is 9.53. The summed E-state index contributed by atoms with van der Waals surface area (Å²) in [6.45, 7) is 2.30. The minimum Gasteiger partial charge on any atom is -0.800 e. The zero-order valence-corrected chi connectivity index (χ0v) is 21.3. The lowest BCUT2D eigenvalue weighted by molar-refractivity contribution is -0.148. The molecule has 1 amide bonds. The van der Waals surface area contributed by atoms with Crippen LogP contribution in [0.3, 0.4) is 0 Å². The molecular formula is C23H26F5N6O3S-. The van der Waals surface area contributed by atoms with E-state index in [4.69, 9.17) is 5.73 Å². The molecule has 2 aliphatic heterocycles. The maximum atomic E-state index is 15.0. The van der Waals surface area contributed by atoms with Gasteiger partial charge in [0.25, 0.3) is 5.91 Å². The van der Waals surface area contributed by atoms with Crippen LogP contribution in [0.25, 0.3) is 0 Å². The van der Waals surface area contributed by atoms with Crippen LogP contribution >= 0.6 is 10.5 Å². The molecule has 2 aromatic rings. The second-order valence-corrected chi connectivity index (χ2v) is 12.4. The summed E-state index contributed by atoms with van der Waals surface area (Å²) in [6, 6.07) is 4.53. The first-order valence-corrected chi connectivity index (χ1v) is 13.3. The molecule has 1 saturated heterocycles. The van der Waals surface area contributed by atoms with Crippen molar-refractivity contribution in [1.29, 1.82) is 0 Å². The quantitative estimate of drug-likeness (QED) is 0.438. The number of pyridine rings is 2. The van der Waals surface area contributed by atoms with Gasteiger partial charge in [0.05, 0.1) is 10.9 Å². The van der Waals surface area contributed by atoms with Crippen LogP contribution in [0.15, 0.2) is 35.5 Å². The number of alkyl halides is 4. The largest absolute Gasteiger partial charge is 0.800 e. The van der Waals surface area contributed by atoms with E-state index >= 15 is 0 Å². The van der Waals surface area contributed by atoms with E-state index in [1.165, 1.54) is 6.07 Å². The number of carbonyl (C=O) groups excluding carboxylic acids is 1. The number of hydrogen-bond donors (Lipinski definition) is 3. The monoisotopic (exact) mass is 561 g/mol. The molecule has 0 bridgehead atoms. The number of aliphatic imine (C=N–C) groups is 1. The lowest BCUT2D eigenvalue weighted by Crippen LogP contribution is -2.60. The van der Waals surface area contributed by atoms with E-state index in [0.29, 0.717) is 13.0 Å². The van der Waals surface area contributed by atoms with Crippen LogP contribution in [0, 0.1) is 5.82 Å². The number of amidine groups is 1. The summed E-state index contributed by atoms with van der Waals surface area (Å²) in [5, 5.41) is 2.45. The van der Waals surface area contributed by atoms with Crippen LogP contribution in [0.5, 0.6) is 5.75 Å². The van der Waals surface area contributed by atoms with Crippen molar-refractivity contribution in [2.75, 3.05) is 24.2 Å². The number of nitrogens with two attached hydrogens (primary N) is 1. The number of carbonyl (C=O) groups is 1. The number of nitrogens with zero attached hydrogens (tertiary/aromatic N) is 3. The van der Waals surface area contributed by atoms with Gasteiger partial charge in [0.1, 0.15) is 40.1 Å². The molecule has 4 heterocycles. The molecule has 1 fully saturated rings. The molecule has 0 radical (unpaired) electrons. The SMILES string of the molecule is CC1(c2nc(NC(=O)c3ccc(OCC(F)(F)C(F)F)cn3)ccc2F)CS2([O-])NCCCC2(C)C(N)=N1. The van der Waals surface area contributed by atoms with E-state index in [2.05, 4.69) is 29.7 Å². The summed E-state index contributed by atoms with van der Waals surface area (Å²) in [5.74, 6) is -6.07. The third kappa shape index (κ3) is 5.14. The first-order chi connectivity index (χ1) is 17.7. The highest BCUT2D eigenvalue weighted by Gasteiger charge is 2.50. The Morgan fingerprint density at radius 1 is 1.32 bits per heavy atom. The van der Waals surface area contributed by atoms with Gasteiger partial charge in [-0.05, 0) is 51.0 Å². The summed E-state index contributed by atoms with van der Waals surface area (Å²) in [7, 11) is -2.77. The van der Waals surface area contributed by atoms with Gasteiger partial charge in [0.15, 0.2) is 6.61 Å². The van der Waals surface area contributed by atoms with E-state index in [-0.39, 0.29) is 34.5 Å². The maximum Gasteiger partial charge on any atom is 0.340 e. The fraction of sp³-hybridized carbons (Fsp3) is 0.478. The summed E-state index contributed by atoms with van der Waals surface area (Å²) in [5.41, 5.74) is 4.53. The number of halogens is 5. The molecule has 0 spiro atoms. The Bertz CT molecular complexity index is 1250. The van der Waals surface area contributed by atoms with Gasteiger partial charge < -0.3 is 20.3 Å². The van der Waals surface area contributed by atoms with Gasteiger partial charge in [0.2, 0.25) is 0 Å². The third-order valence-electron chi connectivity index (χ3n) is 6.60. The number of hydrogen-bond acceptors (Lipinski definition) is 8. The van der Waals surface area contributed by atoms with Crippen LogP contribution in [0.2, 0.25) is 0 Å². The van der Waals surface area contributed by atoms with E-state index in [1.54, 1.807) is 13.8 Å². The Labute approximate surface area is 216 Å². The Morgan fingerprint density at radius 2 is 2.05 bits per heavy atom. The zero-order chi connectivity index (χ0) is 27.9. The number of amides is 1. The molecule has 9 nitrogen and oxygen atoms in total. The van der Waals surface area contributed by atoms with E-state index in [9.17, 15) is 31.3 Å². The molecule has 3 unspecified atom stereocenters. The topological polar surface area (TPSA) is 138 Å². The van der Waals surface area contributed by atoms with Crippen LogP contribution in [-0.4, -0.2) is 62.3 Å². The van der Waals surface area contributed by atoms with E-state index in [1.807, 2.05) is 0 Å². The lowest BCUT2D eigenvalue weighted by atomic mass is 9.96. The Morgan fingerprint density at radius 3 is 2.71 bits per heavy atom. The van der Waals surface area contributed by atoms with Crippen molar-refractivity contribution in [3.8, 4) is 5.75 Å². The highest BCUT2D eigenvalue weighted by molar-refractivity contribution is 8.29. The number of ether oxygens (including phenoxy) is 1. The van der Waals surface area contributed by atoms with Gasteiger partial charge in [-0.1, -0.05) is 0 Å². The van der Waals surface area contributed by atoms with Crippen molar-refractivity contribution in [3.05, 3.63) is 47.7 Å². The highest BCUT2D eigenvalue weighted by atomic mass is 32.3. The average Bonchev–Trinajstić information content (AvgIpc) is 2.85. The zero-order valence-electron chi connectivity index (χ0n) is 20.4. The third-order valence-corrected chi connectivity index (χ3v) is 10.1. The van der Waals surface area contributed by atoms with Gasteiger partial charge in [0, 0.05) is 12.3 Å². The van der Waals surface area contributed by atoms with Crippen molar-refractivity contribution in [2.24, 2.45) is 10.7 Å². The lowest BCUT2D eigenvalue weighted by Gasteiger charge is -2.66. The summed E-state index contributed by atoms with van der Waals surface area (Å²) >= 11 is 0. The molecule has 38 heavy (non-hydrogen) atoms. The van der Waals surface area contributed by atoms with Crippen LogP contribution in [0.1, 0.15) is 42.9 Å². The first kappa shape index (κ1) is 28.0. The second kappa shape index (κ2) is 9.93. The van der Waals surface area contributed by atoms with Gasteiger partial charge in [-0.15, -0.1) is 0 Å². The number of nitrogens with one attached hydrogen (secondary N) is 2. The number of aromatic nitrogens is 2. The van der Waals surface area contributed by atoms with E-state index < -0.39 is 51.5 Å². The minimum atomic E-state index is -4.34. The van der Waals surface area contributed by atoms with Crippen molar-refractivity contribution in [1.82, 2.24) is 14.7 Å². The van der Waals surface area contributed by atoms with Gasteiger partial charge >= 0.3 is 12.3 Å². The molecule has 2 aliphatic rings. The average molecular weight is 562 g/mol. The fourth-order valence-corrected chi connectivity index (χ4v) is 7.40. The van der Waals surface area contributed by atoms with Crippen molar-refractivity contribution >= 4 is 28.1 Å². The number of rotatable bonds is 7. The maximum absolute atomic E-state index is 15.0. The van der Waals surface area contributed by atoms with Gasteiger partial charge in [-0.25, -0.2) is 23.1 Å². The van der Waals surface area contributed by atoms with Crippen molar-refractivity contribution in [3.63, 3.8) is 0 Å². The predicted molar refractivity (Wildman–Crippen MR) is 131 cm³/mol. The minimum absolute atomic E-state index is 0.0495. The predicted octanol–water partition coefficient (Wildman–Crippen LogP) is 3.73. The molecule has 0 aliphatic carbocycles. The van der Waals surface area contributed by atoms with Crippen molar-refractivity contribution in [2.45, 2.75) is 49.3 Å². The van der Waals surface area contributed by atoms with Crippen molar-refractivity contribution < 1.29 is 36.0 Å². The Kier molecular flexibility index (Phi) is 7.31. The Hall–Kier alpha value is -3.04. The number of anilines is 1. The molecule has 15 heteroatoms. The smallest absolute Gasteiger partial charge is 0.340 e. The molecule has 4 rings (SSSR count). The first-order valence-electron chi connectivity index (χ1n) is 11.5. The standard InChI is InChI=1S/C23H27F5N6O3S/c1-21(12-38(36)22(2,20(29)34-21)8-3-9-31-38)17-14(24)5-7-16(32-17)33-18(35)15-6-4-13(10-30-15)37-11-23(27,28)19(25)26/h4-7,10,19,31,36H,3,8-9,11-12H2,1-2H3,(H2,29,34)(H,32,33,35)/p-1. The van der Waals surface area contributed by atoms with Gasteiger partial charge in [-0.3, -0.25) is 25.0 Å². The molecular weight excluding hydrogens is 535 g/mol. The van der Waals surface area contributed by atoms with Crippen LogP contribution < -0.4 is 20.5 Å². The molecule has 208 valence electrons. The Balaban J connectivity index is 1.52. The highest BCUT2D eigenvalue weighted by Crippen LogP contribution is 2.62. The van der Waals surface area contributed by atoms with E-state index in [0.717, 1.165) is 30.8 Å². The fourth-order valence-electron chi connectivity index (χ4n) is 4.34. The molecule has 0 saturated carbocycles. The molecule has 3 atom stereocenters. The number of fused-ring (bicyclic) bond motifs is 1. The molecule has 2 aromatic heterocycles. The summed E-state index contributed by atoms with van der Waals surface area (Å²) in [4.78, 5) is 25.2. The van der Waals surface area contributed by atoms with Crippen LogP contribution in [-0.2, 0) is 5.54 Å². The molecule has 0 aromatic carbocycles. The normalized spacial score (nSPS) is 29.1. The summed E-state index contributed by atoms with van der Waals surface area (Å²) in [6.07, 6.45) is -1.64. The van der Waals surface area contributed by atoms with Crippen LogP contribution in [0.4, 0.5) is 27.8 Å². The molecule has 4 N–H and O–H groups in total. The van der Waals surface area contributed by atoms with Gasteiger partial charge in [-0.2, -0.15) is 8.78 Å².